The van der Waals surface area contributed by atoms with Crippen LogP contribution in [0.4, 0.5) is 4.39 Å². The molecular weight excluding hydrogens is 515 g/mol. The van der Waals surface area contributed by atoms with Crippen LogP contribution in [-0.2, 0) is 9.47 Å². The molecule has 236 valence electrons. The van der Waals surface area contributed by atoms with Crippen molar-refractivity contribution in [3.63, 3.8) is 0 Å². The van der Waals surface area contributed by atoms with Gasteiger partial charge in [-0.1, -0.05) is 45.6 Å². The molecule has 0 bridgehead atoms. The number of aryl methyl sites for hydroxylation is 1. The molecule has 1 saturated carbocycles. The predicted molar refractivity (Wildman–Crippen MR) is 170 cm³/mol. The van der Waals surface area contributed by atoms with Crippen LogP contribution in [0, 0.1) is 18.3 Å². The second-order valence-corrected chi connectivity index (χ2v) is 13.6. The monoisotopic (exact) mass is 576 g/mol. The Morgan fingerprint density at radius 3 is 2.12 bits per heavy atom. The highest BCUT2D eigenvalue weighted by molar-refractivity contribution is 5.94. The van der Waals surface area contributed by atoms with Crippen molar-refractivity contribution in [1.82, 2.24) is 9.97 Å². The van der Waals surface area contributed by atoms with Gasteiger partial charge in [-0.15, -0.1) is 0 Å². The van der Waals surface area contributed by atoms with Crippen LogP contribution >= 0.6 is 0 Å². The number of Topliss-reactive ketones (excluding diaryl/α,β-unsaturated/α-hetero) is 1. The van der Waals surface area contributed by atoms with Crippen molar-refractivity contribution in [3.05, 3.63) is 28.9 Å². The molecule has 2 atom stereocenters. The summed E-state index contributed by atoms with van der Waals surface area (Å²) in [7, 11) is 0. The van der Waals surface area contributed by atoms with E-state index in [0.29, 0.717) is 36.0 Å². The lowest BCUT2D eigenvalue weighted by molar-refractivity contribution is -0.0858. The Hall–Kier alpha value is -1.66. The van der Waals surface area contributed by atoms with E-state index in [4.69, 9.17) is 9.47 Å². The second-order valence-electron chi connectivity index (χ2n) is 13.6. The highest BCUT2D eigenvalue weighted by Crippen LogP contribution is 2.60. The fourth-order valence-corrected chi connectivity index (χ4v) is 5.15. The molecular formula is C35H61FN2O3. The molecule has 0 aromatic carbocycles. The molecule has 2 rings (SSSR count). The summed E-state index contributed by atoms with van der Waals surface area (Å²) in [6, 6.07) is 0. The third-order valence-electron chi connectivity index (χ3n) is 8.02. The summed E-state index contributed by atoms with van der Waals surface area (Å²) in [5, 5.41) is 0. The van der Waals surface area contributed by atoms with Crippen molar-refractivity contribution in [1.29, 1.82) is 0 Å². The van der Waals surface area contributed by atoms with Crippen LogP contribution in [0.25, 0.3) is 6.08 Å². The minimum atomic E-state index is -1.27. The van der Waals surface area contributed by atoms with Crippen LogP contribution in [-0.4, -0.2) is 45.8 Å². The summed E-state index contributed by atoms with van der Waals surface area (Å²) >= 11 is 0. The number of hydrogen-bond acceptors (Lipinski definition) is 5. The van der Waals surface area contributed by atoms with Crippen molar-refractivity contribution >= 4 is 11.9 Å². The maximum Gasteiger partial charge on any atom is 0.182 e. The van der Waals surface area contributed by atoms with Gasteiger partial charge in [-0.05, 0) is 100 Å². The number of halogens is 1. The molecule has 1 aliphatic carbocycles. The molecule has 6 heteroatoms. The van der Waals surface area contributed by atoms with Crippen LogP contribution in [0.15, 0.2) is 11.8 Å². The number of nitrogens with zero attached hydrogens (tertiary/aromatic N) is 2. The van der Waals surface area contributed by atoms with E-state index in [9.17, 15) is 9.18 Å². The molecule has 0 amide bonds. The molecule has 5 nitrogen and oxygen atoms in total. The third kappa shape index (κ3) is 12.6. The SMILES string of the molecule is CCCC.CCC[C@@H](COC(C)(C)C)C(CCCC(=O)c1cnc(/C=C(\C)C2(C(C)(C)F)CC2)c(C)n1)OC(C)C. The number of aromatic nitrogens is 2. The lowest BCUT2D eigenvalue weighted by Gasteiger charge is -2.31. The zero-order valence-electron chi connectivity index (χ0n) is 28.5. The first-order valence-corrected chi connectivity index (χ1v) is 16.0. The normalized spacial score (nSPS) is 16.7. The largest absolute Gasteiger partial charge is 0.375 e. The summed E-state index contributed by atoms with van der Waals surface area (Å²) in [6.07, 6.45) is 12.0. The second kappa shape index (κ2) is 16.8. The third-order valence-corrected chi connectivity index (χ3v) is 8.02. The number of allylic oxidation sites excluding steroid dienone is 1. The molecule has 0 radical (unpaired) electrons. The first-order valence-electron chi connectivity index (χ1n) is 16.0. The maximum atomic E-state index is 14.7. The lowest BCUT2D eigenvalue weighted by Crippen LogP contribution is -2.33. The molecule has 0 N–H and O–H groups in total. The summed E-state index contributed by atoms with van der Waals surface area (Å²) in [6.45, 7) is 24.7. The summed E-state index contributed by atoms with van der Waals surface area (Å²) < 4.78 is 27.1. The molecule has 1 heterocycles. The Labute approximate surface area is 251 Å². The van der Waals surface area contributed by atoms with Gasteiger partial charge >= 0.3 is 0 Å². The van der Waals surface area contributed by atoms with Crippen LogP contribution < -0.4 is 0 Å². The maximum absolute atomic E-state index is 14.7. The van der Waals surface area contributed by atoms with Crippen molar-refractivity contribution in [3.8, 4) is 0 Å². The van der Waals surface area contributed by atoms with Crippen molar-refractivity contribution in [2.24, 2.45) is 11.3 Å². The van der Waals surface area contributed by atoms with E-state index in [1.54, 1.807) is 20.0 Å². The molecule has 0 saturated heterocycles. The fraction of sp³-hybridized carbons (Fsp3) is 0.800. The minimum absolute atomic E-state index is 0.00677. The highest BCUT2D eigenvalue weighted by Gasteiger charge is 2.56. The van der Waals surface area contributed by atoms with E-state index >= 15 is 0 Å². The minimum Gasteiger partial charge on any atom is -0.375 e. The fourth-order valence-electron chi connectivity index (χ4n) is 5.15. The Morgan fingerprint density at radius 1 is 1.07 bits per heavy atom. The number of ketones is 1. The van der Waals surface area contributed by atoms with Crippen molar-refractivity contribution in [2.75, 3.05) is 6.61 Å². The zero-order valence-corrected chi connectivity index (χ0v) is 28.5. The van der Waals surface area contributed by atoms with Gasteiger partial charge in [-0.25, -0.2) is 9.37 Å². The van der Waals surface area contributed by atoms with Gasteiger partial charge in [0.05, 0.1) is 42.0 Å². The van der Waals surface area contributed by atoms with Gasteiger partial charge in [0.25, 0.3) is 0 Å². The van der Waals surface area contributed by atoms with Crippen molar-refractivity contribution < 1.29 is 18.7 Å². The first kappa shape index (κ1) is 37.4. The van der Waals surface area contributed by atoms with Gasteiger partial charge in [-0.3, -0.25) is 9.78 Å². The standard InChI is InChI=1S/C31H51FN2O3.C4H10/c1-11-13-24(20-36-29(6,7)8)28(37-21(2)3)15-12-14-27(35)26-19-33-25(23(5)34-26)18-22(4)31(16-17-31)30(9,10)32;1-3-4-2/h18-19,21,24,28H,11-17,20H2,1-10H3;3-4H2,1-2H3/b22-18+;/t24-,28?;/m0./s1. The number of hydrogen-bond donors (Lipinski definition) is 0. The Kier molecular flexibility index (Phi) is 15.3. The van der Waals surface area contributed by atoms with E-state index in [1.807, 2.05) is 19.9 Å². The number of ether oxygens (including phenoxy) is 2. The topological polar surface area (TPSA) is 61.3 Å². The highest BCUT2D eigenvalue weighted by atomic mass is 19.1. The van der Waals surface area contributed by atoms with E-state index in [-0.39, 0.29) is 23.6 Å². The van der Waals surface area contributed by atoms with Crippen molar-refractivity contribution in [2.45, 2.75) is 164 Å². The Bertz CT molecular complexity index is 953. The number of alkyl halides is 1. The van der Waals surface area contributed by atoms with E-state index in [2.05, 4.69) is 65.4 Å². The Morgan fingerprint density at radius 2 is 1.68 bits per heavy atom. The number of unbranched alkanes of at least 4 members (excludes halogenated alkanes) is 1. The summed E-state index contributed by atoms with van der Waals surface area (Å²) in [5.74, 6) is 0.287. The molecule has 1 aromatic heterocycles. The van der Waals surface area contributed by atoms with Crippen LogP contribution in [0.2, 0.25) is 0 Å². The molecule has 1 aliphatic rings. The smallest absolute Gasteiger partial charge is 0.182 e. The van der Waals surface area contributed by atoms with Gasteiger partial charge in [0.2, 0.25) is 0 Å². The van der Waals surface area contributed by atoms with Gasteiger partial charge in [-0.2, -0.15) is 0 Å². The molecule has 1 unspecified atom stereocenters. The Balaban J connectivity index is 0.00000196. The number of carbonyl (C=O) groups excluding carboxylic acids is 1. The zero-order chi connectivity index (χ0) is 31.4. The van der Waals surface area contributed by atoms with Crippen LogP contribution in [0.1, 0.15) is 156 Å². The predicted octanol–water partition coefficient (Wildman–Crippen LogP) is 9.90. The van der Waals surface area contributed by atoms with E-state index in [0.717, 1.165) is 44.1 Å². The van der Waals surface area contributed by atoms with Gasteiger partial charge in [0, 0.05) is 17.8 Å². The van der Waals surface area contributed by atoms with E-state index < -0.39 is 11.1 Å². The van der Waals surface area contributed by atoms with E-state index in [1.165, 1.54) is 12.8 Å². The average Bonchev–Trinajstić information content (AvgIpc) is 3.69. The van der Waals surface area contributed by atoms with Crippen LogP contribution in [0.3, 0.4) is 0 Å². The molecule has 0 aliphatic heterocycles. The molecule has 41 heavy (non-hydrogen) atoms. The molecule has 1 fully saturated rings. The summed E-state index contributed by atoms with van der Waals surface area (Å²) in [4.78, 5) is 22.0. The first-order chi connectivity index (χ1) is 19.0. The lowest BCUT2D eigenvalue weighted by atomic mass is 9.82. The number of rotatable bonds is 16. The van der Waals surface area contributed by atoms with Gasteiger partial charge < -0.3 is 9.47 Å². The summed E-state index contributed by atoms with van der Waals surface area (Å²) in [5.41, 5.74) is 0.917. The quantitative estimate of drug-likeness (QED) is 0.183. The van der Waals surface area contributed by atoms with Gasteiger partial charge in [0.1, 0.15) is 11.4 Å². The van der Waals surface area contributed by atoms with Gasteiger partial charge in [0.15, 0.2) is 5.78 Å². The average molecular weight is 577 g/mol. The van der Waals surface area contributed by atoms with Crippen LogP contribution in [0.5, 0.6) is 0 Å². The number of carbonyl (C=O) groups is 1. The molecule has 0 spiro atoms. The molecule has 1 aromatic rings.